The van der Waals surface area contributed by atoms with Crippen molar-refractivity contribution in [1.29, 1.82) is 0 Å². The molecule has 1 fully saturated rings. The summed E-state index contributed by atoms with van der Waals surface area (Å²) < 4.78 is 0. The molecule has 0 bridgehead atoms. The fourth-order valence-electron chi connectivity index (χ4n) is 2.83. The molecule has 1 aromatic heterocycles. The molecule has 1 aliphatic rings. The Hall–Kier alpha value is -1.36. The third-order valence-electron chi connectivity index (χ3n) is 4.25. The molecule has 2 atom stereocenters. The predicted molar refractivity (Wildman–Crippen MR) is 70.2 cm³/mol. The molecular weight excluding hydrogens is 228 g/mol. The normalized spacial score (nSPS) is 28.1. The van der Waals surface area contributed by atoms with Gasteiger partial charge in [0.1, 0.15) is 0 Å². The van der Waals surface area contributed by atoms with Gasteiger partial charge in [-0.1, -0.05) is 19.8 Å². The number of carbonyl (C=O) groups is 1. The van der Waals surface area contributed by atoms with Crippen LogP contribution in [0.25, 0.3) is 0 Å². The Balaban J connectivity index is 2.15. The molecule has 0 aliphatic heterocycles. The Bertz CT molecular complexity index is 428. The van der Waals surface area contributed by atoms with Gasteiger partial charge < -0.3 is 11.1 Å². The second kappa shape index (κ2) is 5.10. The summed E-state index contributed by atoms with van der Waals surface area (Å²) in [6.07, 6.45) is 6.02. The van der Waals surface area contributed by atoms with Gasteiger partial charge in [0.2, 0.25) is 0 Å². The van der Waals surface area contributed by atoms with Crippen LogP contribution in [0, 0.1) is 12.8 Å². The molecule has 0 saturated heterocycles. The van der Waals surface area contributed by atoms with Crippen molar-refractivity contribution < 1.29 is 4.79 Å². The predicted octanol–water partition coefficient (Wildman–Crippen LogP) is 1.36. The van der Waals surface area contributed by atoms with Crippen LogP contribution in [0.2, 0.25) is 0 Å². The van der Waals surface area contributed by atoms with Gasteiger partial charge >= 0.3 is 0 Å². The second-order valence-corrected chi connectivity index (χ2v) is 5.37. The first-order valence-corrected chi connectivity index (χ1v) is 6.61. The lowest BCUT2D eigenvalue weighted by molar-refractivity contribution is 0.0812. The van der Waals surface area contributed by atoms with Gasteiger partial charge in [0.25, 0.3) is 5.91 Å². The first-order chi connectivity index (χ1) is 8.59. The van der Waals surface area contributed by atoms with E-state index in [9.17, 15) is 4.79 Å². The van der Waals surface area contributed by atoms with Gasteiger partial charge in [0.05, 0.1) is 17.3 Å². The van der Waals surface area contributed by atoms with Gasteiger partial charge in [-0.3, -0.25) is 9.89 Å². The number of nitrogens with zero attached hydrogens (tertiary/aromatic N) is 1. The second-order valence-electron chi connectivity index (χ2n) is 5.37. The average Bonchev–Trinajstić information content (AvgIpc) is 2.78. The number of rotatable bonds is 3. The average molecular weight is 250 g/mol. The van der Waals surface area contributed by atoms with Gasteiger partial charge in [-0.2, -0.15) is 5.10 Å². The minimum absolute atomic E-state index is 0.0690. The monoisotopic (exact) mass is 250 g/mol. The van der Waals surface area contributed by atoms with Crippen molar-refractivity contribution in [3.05, 3.63) is 17.5 Å². The van der Waals surface area contributed by atoms with Crippen LogP contribution in [0.5, 0.6) is 0 Å². The number of H-pyrrole nitrogens is 1. The van der Waals surface area contributed by atoms with Crippen LogP contribution in [0.3, 0.4) is 0 Å². The van der Waals surface area contributed by atoms with E-state index in [1.165, 1.54) is 6.42 Å². The van der Waals surface area contributed by atoms with Crippen LogP contribution in [0.1, 0.15) is 48.7 Å². The number of nitrogens with one attached hydrogen (secondary N) is 2. The van der Waals surface area contributed by atoms with Gasteiger partial charge in [0, 0.05) is 12.2 Å². The number of aromatic nitrogens is 2. The van der Waals surface area contributed by atoms with E-state index in [1.54, 1.807) is 6.20 Å². The molecule has 5 heteroatoms. The van der Waals surface area contributed by atoms with Crippen molar-refractivity contribution in [1.82, 2.24) is 15.5 Å². The third-order valence-corrected chi connectivity index (χ3v) is 4.25. The highest BCUT2D eigenvalue weighted by atomic mass is 16.1. The Morgan fingerprint density at radius 1 is 1.67 bits per heavy atom. The van der Waals surface area contributed by atoms with E-state index in [2.05, 4.69) is 22.4 Å². The summed E-state index contributed by atoms with van der Waals surface area (Å²) in [6, 6.07) is 0. The number of hydrogen-bond donors (Lipinski definition) is 3. The van der Waals surface area contributed by atoms with E-state index in [-0.39, 0.29) is 11.4 Å². The molecule has 2 unspecified atom stereocenters. The van der Waals surface area contributed by atoms with E-state index in [1.807, 2.05) is 6.92 Å². The molecule has 2 rings (SSSR count). The number of nitrogens with two attached hydrogens (primary N) is 1. The van der Waals surface area contributed by atoms with Gasteiger partial charge in [-0.25, -0.2) is 0 Å². The number of aromatic amines is 1. The molecule has 1 saturated carbocycles. The number of hydrogen-bond acceptors (Lipinski definition) is 3. The van der Waals surface area contributed by atoms with Gasteiger partial charge in [0.15, 0.2) is 0 Å². The number of aryl methyl sites for hydroxylation is 1. The summed E-state index contributed by atoms with van der Waals surface area (Å²) in [6.45, 7) is 4.52. The van der Waals surface area contributed by atoms with Crippen molar-refractivity contribution >= 4 is 5.91 Å². The van der Waals surface area contributed by atoms with Crippen molar-refractivity contribution in [3.63, 3.8) is 0 Å². The fraction of sp³-hybridized carbons (Fsp3) is 0.692. The van der Waals surface area contributed by atoms with Gasteiger partial charge in [-0.15, -0.1) is 0 Å². The van der Waals surface area contributed by atoms with Crippen LogP contribution >= 0.6 is 0 Å². The first-order valence-electron chi connectivity index (χ1n) is 6.61. The van der Waals surface area contributed by atoms with E-state index in [0.717, 1.165) is 25.0 Å². The Morgan fingerprint density at radius 2 is 2.44 bits per heavy atom. The molecule has 100 valence electrons. The third kappa shape index (κ3) is 2.27. The minimum Gasteiger partial charge on any atom is -0.345 e. The molecule has 5 nitrogen and oxygen atoms in total. The smallest absolute Gasteiger partial charge is 0.255 e. The highest BCUT2D eigenvalue weighted by molar-refractivity contribution is 5.95. The maximum Gasteiger partial charge on any atom is 0.255 e. The summed E-state index contributed by atoms with van der Waals surface area (Å²) in [7, 11) is 0. The highest BCUT2D eigenvalue weighted by Crippen LogP contribution is 2.33. The van der Waals surface area contributed by atoms with Crippen molar-refractivity contribution in [2.75, 3.05) is 6.54 Å². The van der Waals surface area contributed by atoms with Crippen LogP contribution in [-0.2, 0) is 0 Å². The molecular formula is C13H22N4O. The van der Waals surface area contributed by atoms with Crippen molar-refractivity contribution in [2.24, 2.45) is 11.7 Å². The fourth-order valence-corrected chi connectivity index (χ4v) is 2.83. The Morgan fingerprint density at radius 3 is 3.00 bits per heavy atom. The Kier molecular flexibility index (Phi) is 3.71. The Labute approximate surface area is 108 Å². The van der Waals surface area contributed by atoms with Crippen molar-refractivity contribution in [3.8, 4) is 0 Å². The number of amides is 1. The zero-order chi connectivity index (χ0) is 13.2. The SMILES string of the molecule is Cc1[nH]ncc1C(=O)NC1(CN)CCCCC1C. The quantitative estimate of drug-likeness (QED) is 0.757. The molecule has 0 spiro atoms. The maximum atomic E-state index is 12.3. The van der Waals surface area contributed by atoms with Crippen LogP contribution < -0.4 is 11.1 Å². The summed E-state index contributed by atoms with van der Waals surface area (Å²) in [5.74, 6) is 0.354. The molecule has 18 heavy (non-hydrogen) atoms. The van der Waals surface area contributed by atoms with Crippen LogP contribution in [0.4, 0.5) is 0 Å². The highest BCUT2D eigenvalue weighted by Gasteiger charge is 2.38. The standard InChI is InChI=1S/C13H22N4O/c1-9-5-3-4-6-13(9,8-14)16-12(18)11-7-15-17-10(11)2/h7,9H,3-6,8,14H2,1-2H3,(H,15,17)(H,16,18). The van der Waals surface area contributed by atoms with Gasteiger partial charge in [-0.05, 0) is 25.7 Å². The molecule has 0 radical (unpaired) electrons. The lowest BCUT2D eigenvalue weighted by Gasteiger charge is -2.42. The zero-order valence-corrected chi connectivity index (χ0v) is 11.1. The lowest BCUT2D eigenvalue weighted by atomic mass is 9.73. The van der Waals surface area contributed by atoms with E-state index in [0.29, 0.717) is 18.0 Å². The summed E-state index contributed by atoms with van der Waals surface area (Å²) in [5.41, 5.74) is 7.09. The van der Waals surface area contributed by atoms with Crippen molar-refractivity contribution in [2.45, 2.75) is 45.1 Å². The zero-order valence-electron chi connectivity index (χ0n) is 11.1. The maximum absolute atomic E-state index is 12.3. The van der Waals surface area contributed by atoms with E-state index < -0.39 is 0 Å². The number of carbonyl (C=O) groups excluding carboxylic acids is 1. The molecule has 1 amide bonds. The van der Waals surface area contributed by atoms with E-state index in [4.69, 9.17) is 5.73 Å². The molecule has 1 aliphatic carbocycles. The summed E-state index contributed by atoms with van der Waals surface area (Å²) in [4.78, 5) is 12.3. The molecule has 1 aromatic rings. The minimum atomic E-state index is -0.251. The van der Waals surface area contributed by atoms with Crippen LogP contribution in [-0.4, -0.2) is 28.2 Å². The molecule has 1 heterocycles. The van der Waals surface area contributed by atoms with E-state index >= 15 is 0 Å². The largest absolute Gasteiger partial charge is 0.345 e. The molecule has 0 aromatic carbocycles. The van der Waals surface area contributed by atoms with Crippen LogP contribution in [0.15, 0.2) is 6.20 Å². The molecule has 4 N–H and O–H groups in total. The lowest BCUT2D eigenvalue weighted by Crippen LogP contribution is -2.59. The first kappa shape index (κ1) is 13.1. The summed E-state index contributed by atoms with van der Waals surface area (Å²) in [5, 5.41) is 9.82. The topological polar surface area (TPSA) is 83.8 Å². The summed E-state index contributed by atoms with van der Waals surface area (Å²) >= 11 is 0.